The van der Waals surface area contributed by atoms with Gasteiger partial charge in [-0.05, 0) is 13.8 Å². The maximum atomic E-state index is 11.0. The minimum atomic E-state index is -0.375. The number of ether oxygens (including phenoxy) is 1. The van der Waals surface area contributed by atoms with Crippen molar-refractivity contribution in [3.05, 3.63) is 0 Å². The van der Waals surface area contributed by atoms with E-state index in [9.17, 15) is 4.79 Å². The molecule has 4 nitrogen and oxygen atoms in total. The lowest BCUT2D eigenvalue weighted by atomic mass is 10.2. The first-order valence-corrected chi connectivity index (χ1v) is 3.89. The van der Waals surface area contributed by atoms with Gasteiger partial charge in [-0.25, -0.2) is 4.79 Å². The molecule has 0 heterocycles. The number of carbonyl (C=O) groups excluding carboxylic acids is 1. The molecule has 12 heavy (non-hydrogen) atoms. The molecule has 1 unspecified atom stereocenters. The summed E-state index contributed by atoms with van der Waals surface area (Å²) in [6.07, 6.45) is -0.375. The highest BCUT2D eigenvalue weighted by atomic mass is 16.5. The summed E-state index contributed by atoms with van der Waals surface area (Å²) in [6, 6.07) is 2.04. The second-order valence-corrected chi connectivity index (χ2v) is 2.61. The minimum absolute atomic E-state index is 0.153. The fourth-order valence-electron chi connectivity index (χ4n) is 0.760. The molecule has 0 aliphatic rings. The van der Waals surface area contributed by atoms with Crippen LogP contribution in [0.2, 0.25) is 0 Å². The lowest BCUT2D eigenvalue weighted by molar-refractivity contribution is 0.114. The molecule has 0 aromatic carbocycles. The summed E-state index contributed by atoms with van der Waals surface area (Å²) in [7, 11) is 1.62. The number of hydrogen-bond donors (Lipinski definition) is 0. The Labute approximate surface area is 72.7 Å². The van der Waals surface area contributed by atoms with Gasteiger partial charge in [0.05, 0.1) is 18.6 Å². The molecule has 0 N–H and O–H groups in total. The number of carbonyl (C=O) groups is 1. The third-order valence-corrected chi connectivity index (χ3v) is 1.35. The number of nitriles is 1. The van der Waals surface area contributed by atoms with E-state index in [-0.39, 0.29) is 12.0 Å². The third kappa shape index (κ3) is 3.81. The van der Waals surface area contributed by atoms with E-state index in [1.54, 1.807) is 20.9 Å². The Balaban J connectivity index is 3.80. The van der Waals surface area contributed by atoms with Crippen molar-refractivity contribution in [1.29, 1.82) is 5.26 Å². The summed E-state index contributed by atoms with van der Waals surface area (Å²) in [6.45, 7) is 4.29. The van der Waals surface area contributed by atoms with Gasteiger partial charge in [-0.15, -0.1) is 0 Å². The first-order valence-electron chi connectivity index (χ1n) is 3.89. The second-order valence-electron chi connectivity index (χ2n) is 2.61. The van der Waals surface area contributed by atoms with E-state index in [4.69, 9.17) is 10.00 Å². The molecule has 0 saturated carbocycles. The Morgan fingerprint density at radius 1 is 1.75 bits per heavy atom. The second kappa shape index (κ2) is 5.42. The van der Waals surface area contributed by atoms with Crippen molar-refractivity contribution in [2.75, 3.05) is 20.2 Å². The van der Waals surface area contributed by atoms with Crippen molar-refractivity contribution >= 4 is 6.09 Å². The zero-order chi connectivity index (χ0) is 9.56. The average molecular weight is 170 g/mol. The maximum Gasteiger partial charge on any atom is 0.409 e. The van der Waals surface area contributed by atoms with Gasteiger partial charge in [0.15, 0.2) is 0 Å². The number of hydrogen-bond acceptors (Lipinski definition) is 3. The number of rotatable bonds is 3. The molecule has 68 valence electrons. The summed E-state index contributed by atoms with van der Waals surface area (Å²) in [5, 5.41) is 8.47. The molecule has 0 aromatic rings. The van der Waals surface area contributed by atoms with Gasteiger partial charge in [0.2, 0.25) is 0 Å². The average Bonchev–Trinajstić information content (AvgIpc) is 2.04. The predicted octanol–water partition coefficient (Wildman–Crippen LogP) is 1.23. The lowest BCUT2D eigenvalue weighted by Crippen LogP contribution is -2.31. The van der Waals surface area contributed by atoms with Crippen LogP contribution in [0.15, 0.2) is 0 Å². The smallest absolute Gasteiger partial charge is 0.409 e. The highest BCUT2D eigenvalue weighted by Gasteiger charge is 2.11. The van der Waals surface area contributed by atoms with Crippen molar-refractivity contribution in [2.24, 2.45) is 5.92 Å². The van der Waals surface area contributed by atoms with Crippen LogP contribution in [-0.2, 0) is 4.74 Å². The molecule has 4 heteroatoms. The molecule has 0 saturated heterocycles. The van der Waals surface area contributed by atoms with Crippen molar-refractivity contribution in [2.45, 2.75) is 13.8 Å². The van der Waals surface area contributed by atoms with E-state index >= 15 is 0 Å². The van der Waals surface area contributed by atoms with Crippen LogP contribution in [0.1, 0.15) is 13.8 Å². The first kappa shape index (κ1) is 10.8. The zero-order valence-electron chi connectivity index (χ0n) is 7.70. The van der Waals surface area contributed by atoms with Gasteiger partial charge in [0.1, 0.15) is 0 Å². The largest absolute Gasteiger partial charge is 0.450 e. The quantitative estimate of drug-likeness (QED) is 0.640. The normalized spacial score (nSPS) is 11.5. The maximum absolute atomic E-state index is 11.0. The Bertz CT molecular complexity index is 186. The summed E-state index contributed by atoms with van der Waals surface area (Å²) < 4.78 is 4.73. The topological polar surface area (TPSA) is 53.3 Å². The van der Waals surface area contributed by atoms with Gasteiger partial charge in [-0.2, -0.15) is 5.26 Å². The number of nitrogens with zero attached hydrogens (tertiary/aromatic N) is 2. The molecule has 0 spiro atoms. The lowest BCUT2D eigenvalue weighted by Gasteiger charge is -2.16. The van der Waals surface area contributed by atoms with Crippen LogP contribution < -0.4 is 0 Å². The van der Waals surface area contributed by atoms with E-state index in [0.717, 1.165) is 0 Å². The molecule has 0 bridgehead atoms. The molecule has 0 rings (SSSR count). The van der Waals surface area contributed by atoms with Crippen LogP contribution in [0.5, 0.6) is 0 Å². The fourth-order valence-corrected chi connectivity index (χ4v) is 0.760. The molecule has 0 aromatic heterocycles. The van der Waals surface area contributed by atoms with Gasteiger partial charge in [0.25, 0.3) is 0 Å². The van der Waals surface area contributed by atoms with Gasteiger partial charge >= 0.3 is 6.09 Å². The van der Waals surface area contributed by atoms with Crippen LogP contribution in [0.4, 0.5) is 4.79 Å². The summed E-state index contributed by atoms with van der Waals surface area (Å²) in [4.78, 5) is 12.4. The van der Waals surface area contributed by atoms with Crippen LogP contribution >= 0.6 is 0 Å². The van der Waals surface area contributed by atoms with Gasteiger partial charge in [0, 0.05) is 13.6 Å². The summed E-state index contributed by atoms with van der Waals surface area (Å²) in [5.41, 5.74) is 0. The molecule has 1 atom stereocenters. The predicted molar refractivity (Wildman–Crippen MR) is 44.4 cm³/mol. The number of amides is 1. The highest BCUT2D eigenvalue weighted by molar-refractivity contribution is 5.67. The monoisotopic (exact) mass is 170 g/mol. The third-order valence-electron chi connectivity index (χ3n) is 1.35. The van der Waals surface area contributed by atoms with Crippen LogP contribution in [-0.4, -0.2) is 31.2 Å². The Hall–Kier alpha value is -1.24. The van der Waals surface area contributed by atoms with Crippen molar-refractivity contribution < 1.29 is 9.53 Å². The standard InChI is InChI=1S/C8H14N2O2/c1-4-12-8(11)10(3)6-7(2)5-9/h7H,4,6H2,1-3H3. The van der Waals surface area contributed by atoms with E-state index in [1.807, 2.05) is 6.07 Å². The molecule has 0 radical (unpaired) electrons. The van der Waals surface area contributed by atoms with Gasteiger partial charge in [-0.3, -0.25) is 0 Å². The van der Waals surface area contributed by atoms with E-state index < -0.39 is 0 Å². The van der Waals surface area contributed by atoms with Gasteiger partial charge < -0.3 is 9.64 Å². The highest BCUT2D eigenvalue weighted by Crippen LogP contribution is 1.97. The van der Waals surface area contributed by atoms with Crippen molar-refractivity contribution in [1.82, 2.24) is 4.90 Å². The fraction of sp³-hybridized carbons (Fsp3) is 0.750. The Kier molecular flexibility index (Phi) is 4.86. The van der Waals surface area contributed by atoms with E-state index in [1.165, 1.54) is 4.90 Å². The Morgan fingerprint density at radius 3 is 2.75 bits per heavy atom. The van der Waals surface area contributed by atoms with Crippen molar-refractivity contribution in [3.63, 3.8) is 0 Å². The Morgan fingerprint density at radius 2 is 2.33 bits per heavy atom. The summed E-state index contributed by atoms with van der Waals surface area (Å²) >= 11 is 0. The summed E-state index contributed by atoms with van der Waals surface area (Å²) in [5.74, 6) is -0.153. The van der Waals surface area contributed by atoms with E-state index in [2.05, 4.69) is 0 Å². The molecule has 0 aliphatic heterocycles. The van der Waals surface area contributed by atoms with Crippen LogP contribution in [0, 0.1) is 17.2 Å². The molecular formula is C8H14N2O2. The first-order chi connectivity index (χ1) is 5.61. The molecule has 0 aliphatic carbocycles. The molecule has 0 fully saturated rings. The SMILES string of the molecule is CCOC(=O)N(C)CC(C)C#N. The van der Waals surface area contributed by atoms with Gasteiger partial charge in [-0.1, -0.05) is 0 Å². The minimum Gasteiger partial charge on any atom is -0.450 e. The molecular weight excluding hydrogens is 156 g/mol. The zero-order valence-corrected chi connectivity index (χ0v) is 7.70. The van der Waals surface area contributed by atoms with Crippen LogP contribution in [0.3, 0.4) is 0 Å². The van der Waals surface area contributed by atoms with Crippen LogP contribution in [0.25, 0.3) is 0 Å². The molecule has 1 amide bonds. The van der Waals surface area contributed by atoms with E-state index in [0.29, 0.717) is 13.2 Å². The van der Waals surface area contributed by atoms with Crippen molar-refractivity contribution in [3.8, 4) is 6.07 Å².